The van der Waals surface area contributed by atoms with E-state index in [1.54, 1.807) is 33.4 Å². The van der Waals surface area contributed by atoms with Crippen LogP contribution in [-0.2, 0) is 26.5 Å². The molecule has 0 amide bonds. The fraction of sp³-hybridized carbons (Fsp3) is 0.118. The van der Waals surface area contributed by atoms with E-state index in [-0.39, 0.29) is 54.4 Å². The molecular weight excluding hydrogens is 1080 g/mol. The molecule has 12 aromatic rings. The van der Waals surface area contributed by atoms with Crippen LogP contribution in [0.15, 0.2) is 200 Å². The molecule has 0 aliphatic carbocycles. The first-order valence-corrected chi connectivity index (χ1v) is 24.2. The van der Waals surface area contributed by atoms with Crippen molar-refractivity contribution < 1.29 is 44.1 Å². The van der Waals surface area contributed by atoms with Crippen LogP contribution in [-0.4, -0.2) is 14.1 Å². The van der Waals surface area contributed by atoms with Crippen molar-refractivity contribution in [2.45, 2.75) is 53.9 Å². The minimum atomic E-state index is -0.575. The third-order valence-electron chi connectivity index (χ3n) is 13.7. The number of aromatic nitrogens is 4. The average molecular weight is 1150 g/mol. The molecule has 0 fully saturated rings. The van der Waals surface area contributed by atoms with Gasteiger partial charge in [0.25, 0.3) is 6.33 Å². The molecule has 3 heterocycles. The van der Waals surface area contributed by atoms with Gasteiger partial charge >= 0.3 is 0 Å². The zero-order valence-corrected chi connectivity index (χ0v) is 44.1. The molecule has 0 atom stereocenters. The van der Waals surface area contributed by atoms with Crippen LogP contribution in [0, 0.1) is 46.2 Å². The summed E-state index contributed by atoms with van der Waals surface area (Å²) in [4.78, 5) is 4.95. The SMILES string of the molecule is [2H]c1c([2H])c([2H])c(-c2cccc(-c3c([2H])c([2H])c([2H])c([2H])c3[2H])c2-[n+]2[c-]n(-c3[c-]c(Oc4[c-]c5c(cc4)c4cc(-c6c(C)cc(-c7c(C)cccc7C)cc6C)ccc4n5-c4cc(C(C)(C)C)ccn4)ccc3)c3ccccc32)c([2H])c1[2H].[Pt]. The topological polar surface area (TPSA) is 35.9 Å². The van der Waals surface area contributed by atoms with Crippen molar-refractivity contribution in [2.24, 2.45) is 0 Å². The monoisotopic (exact) mass is 1150 g/mol. The Labute approximate surface area is 462 Å². The Morgan fingerprint density at radius 3 is 1.88 bits per heavy atom. The zero-order chi connectivity index (χ0) is 58.7. The average Bonchev–Trinajstić information content (AvgIpc) is 3.56. The molecule has 9 aromatic carbocycles. The summed E-state index contributed by atoms with van der Waals surface area (Å²) < 4.78 is 99.8. The number of aryl methyl sites for hydroxylation is 4. The van der Waals surface area contributed by atoms with Crippen molar-refractivity contribution in [3.05, 3.63) is 246 Å². The van der Waals surface area contributed by atoms with E-state index in [0.717, 1.165) is 38.8 Å². The van der Waals surface area contributed by atoms with Gasteiger partial charge in [0, 0.05) is 44.3 Å². The summed E-state index contributed by atoms with van der Waals surface area (Å²) in [5.74, 6) is 1.51. The number of imidazole rings is 1. The maximum atomic E-state index is 9.08. The van der Waals surface area contributed by atoms with E-state index in [0.29, 0.717) is 28.2 Å². The first kappa shape index (κ1) is 37.6. The van der Waals surface area contributed by atoms with Gasteiger partial charge < -0.3 is 13.9 Å². The molecule has 364 valence electrons. The van der Waals surface area contributed by atoms with E-state index in [2.05, 4.69) is 138 Å². The van der Waals surface area contributed by atoms with Crippen LogP contribution in [0.25, 0.3) is 94.5 Å². The molecule has 74 heavy (non-hydrogen) atoms. The molecule has 6 heteroatoms. The van der Waals surface area contributed by atoms with Crippen molar-refractivity contribution in [1.82, 2.24) is 14.1 Å². The smallest absolute Gasteiger partial charge is 0.268 e. The number of hydrogen-bond donors (Lipinski definition) is 0. The van der Waals surface area contributed by atoms with Crippen LogP contribution in [0.1, 0.15) is 62.3 Å². The molecular formula is C68H54N4OPt-2. The molecule has 0 radical (unpaired) electrons. The number of rotatable bonds is 9. The van der Waals surface area contributed by atoms with Gasteiger partial charge in [-0.2, -0.15) is 18.2 Å². The van der Waals surface area contributed by atoms with Crippen molar-refractivity contribution in [1.29, 1.82) is 0 Å². The Bertz CT molecular complexity index is 4530. The molecule has 0 aliphatic rings. The van der Waals surface area contributed by atoms with Crippen molar-refractivity contribution >= 4 is 32.8 Å². The van der Waals surface area contributed by atoms with Gasteiger partial charge in [0.15, 0.2) is 0 Å². The Morgan fingerprint density at radius 2 is 1.19 bits per heavy atom. The first-order chi connectivity index (χ1) is 39.6. The van der Waals surface area contributed by atoms with E-state index in [1.165, 1.54) is 38.9 Å². The maximum absolute atomic E-state index is 9.08. The van der Waals surface area contributed by atoms with Crippen molar-refractivity contribution in [3.63, 3.8) is 0 Å². The fourth-order valence-corrected chi connectivity index (χ4v) is 10.3. The van der Waals surface area contributed by atoms with Crippen LogP contribution in [0.3, 0.4) is 0 Å². The molecule has 0 saturated carbocycles. The van der Waals surface area contributed by atoms with Crippen LogP contribution in [0.4, 0.5) is 0 Å². The summed E-state index contributed by atoms with van der Waals surface area (Å²) in [6.07, 6.45) is 5.28. The minimum absolute atomic E-state index is 0. The number of fused-ring (bicyclic) bond motifs is 4. The fourth-order valence-electron chi connectivity index (χ4n) is 10.3. The Morgan fingerprint density at radius 1 is 0.554 bits per heavy atom. The summed E-state index contributed by atoms with van der Waals surface area (Å²) in [5, 5.41) is 1.99. The number of hydrogen-bond acceptors (Lipinski definition) is 2. The molecule has 5 nitrogen and oxygen atoms in total. The van der Waals surface area contributed by atoms with E-state index >= 15 is 0 Å². The zero-order valence-electron chi connectivity index (χ0n) is 51.8. The van der Waals surface area contributed by atoms with E-state index in [1.807, 2.05) is 48.7 Å². The van der Waals surface area contributed by atoms with E-state index in [9.17, 15) is 0 Å². The van der Waals surface area contributed by atoms with Crippen LogP contribution < -0.4 is 9.30 Å². The van der Waals surface area contributed by atoms with Gasteiger partial charge in [-0.15, -0.1) is 29.7 Å². The molecule has 3 aromatic heterocycles. The summed E-state index contributed by atoms with van der Waals surface area (Å²) >= 11 is 0. The van der Waals surface area contributed by atoms with Crippen molar-refractivity contribution in [2.75, 3.05) is 0 Å². The maximum Gasteiger partial charge on any atom is 0.268 e. The molecule has 0 unspecified atom stereocenters. The van der Waals surface area contributed by atoms with Crippen LogP contribution >= 0.6 is 0 Å². The summed E-state index contributed by atoms with van der Waals surface area (Å²) in [6.45, 7) is 15.2. The number of pyridine rings is 1. The van der Waals surface area contributed by atoms with Gasteiger partial charge in [0.2, 0.25) is 0 Å². The Balaban J connectivity index is 0.00000736. The Kier molecular flexibility index (Phi) is 9.85. The van der Waals surface area contributed by atoms with E-state index in [4.69, 9.17) is 23.4 Å². The third kappa shape index (κ3) is 8.65. The van der Waals surface area contributed by atoms with E-state index < -0.39 is 60.4 Å². The van der Waals surface area contributed by atoms with Gasteiger partial charge in [-0.1, -0.05) is 172 Å². The number of benzene rings is 9. The summed E-state index contributed by atoms with van der Waals surface area (Å²) in [6, 6.07) is 45.1. The standard InChI is InChI=1S/C68H54N4O.Pt/c1-44-19-16-20-45(2)65(44)51-37-46(3)66(47(4)38-51)50-31-34-60-59(39-50)58-33-32-55(42-63(58)72(60)64-40-52(35-36-69-64)68(5,6)7)73-54-26-17-25-53(41-54)70-43-71(62-30-15-14-29-61(62)70)67-56(48-21-10-8-11-22-48)27-18-28-57(67)49-23-12-9-13-24-49;/h8-40H,1-7H3;/q-2;/i8D,9D,10D,11D,12D,13D,21D,22D,23D,24D;. The number of para-hydroxylation sites is 3. The normalized spacial score (nSPS) is 13.5. The molecule has 0 aliphatic heterocycles. The second-order valence-electron chi connectivity index (χ2n) is 19.5. The second kappa shape index (κ2) is 19.4. The minimum Gasteiger partial charge on any atom is -0.510 e. The second-order valence-corrected chi connectivity index (χ2v) is 19.5. The predicted molar refractivity (Wildman–Crippen MR) is 299 cm³/mol. The van der Waals surface area contributed by atoms with Crippen LogP contribution in [0.2, 0.25) is 0 Å². The third-order valence-corrected chi connectivity index (χ3v) is 13.7. The van der Waals surface area contributed by atoms with Gasteiger partial charge in [-0.25, -0.2) is 4.98 Å². The Hall–Kier alpha value is -8.11. The predicted octanol–water partition coefficient (Wildman–Crippen LogP) is 16.8. The number of ether oxygens (including phenoxy) is 1. The van der Waals surface area contributed by atoms with Gasteiger partial charge in [0.05, 0.1) is 30.4 Å². The van der Waals surface area contributed by atoms with Crippen molar-refractivity contribution in [3.8, 4) is 73.2 Å². The molecule has 0 spiro atoms. The largest absolute Gasteiger partial charge is 0.510 e. The summed E-state index contributed by atoms with van der Waals surface area (Å²) in [5.41, 5.74) is 14.1. The molecule has 0 saturated heterocycles. The summed E-state index contributed by atoms with van der Waals surface area (Å²) in [7, 11) is 0. The van der Waals surface area contributed by atoms with Gasteiger partial charge in [-0.3, -0.25) is 4.57 Å². The quantitative estimate of drug-likeness (QED) is 0.107. The van der Waals surface area contributed by atoms with Gasteiger partial charge in [-0.05, 0) is 135 Å². The van der Waals surface area contributed by atoms with Crippen LogP contribution in [0.5, 0.6) is 11.5 Å². The molecule has 0 N–H and O–H groups in total. The first-order valence-electron chi connectivity index (χ1n) is 29.2. The number of nitrogens with zero attached hydrogens (tertiary/aromatic N) is 4. The molecule has 12 rings (SSSR count). The molecule has 0 bridgehead atoms. The van der Waals surface area contributed by atoms with Gasteiger partial charge in [0.1, 0.15) is 5.82 Å².